The van der Waals surface area contributed by atoms with E-state index >= 15 is 0 Å². The predicted molar refractivity (Wildman–Crippen MR) is 50.7 cm³/mol. The van der Waals surface area contributed by atoms with Gasteiger partial charge in [0.15, 0.2) is 0 Å². The van der Waals surface area contributed by atoms with E-state index in [4.69, 9.17) is 10.8 Å². The fraction of sp³-hybridized carbons (Fsp3) is 0.375. The van der Waals surface area contributed by atoms with E-state index in [-0.39, 0.29) is 23.4 Å². The van der Waals surface area contributed by atoms with Crippen molar-refractivity contribution in [1.82, 2.24) is 4.98 Å². The van der Waals surface area contributed by atoms with Gasteiger partial charge in [0.2, 0.25) is 0 Å². The highest BCUT2D eigenvalue weighted by molar-refractivity contribution is 9.10. The fourth-order valence-electron chi connectivity index (χ4n) is 1.16. The molecule has 1 aromatic rings. The van der Waals surface area contributed by atoms with Crippen LogP contribution in [0.1, 0.15) is 23.2 Å². The molecule has 1 rings (SSSR count). The Morgan fingerprint density at radius 1 is 1.57 bits per heavy atom. The van der Waals surface area contributed by atoms with Crippen molar-refractivity contribution in [2.45, 2.75) is 19.6 Å². The van der Waals surface area contributed by atoms with Crippen molar-refractivity contribution in [3.63, 3.8) is 0 Å². The number of hydrogen-bond acceptors (Lipinski definition) is 3. The molecule has 0 spiro atoms. The molecule has 0 saturated carbocycles. The quantitative estimate of drug-likeness (QED) is 0.820. The summed E-state index contributed by atoms with van der Waals surface area (Å²) in [5, 5.41) is 8.93. The molecule has 6 heteroatoms. The Hall–Kier alpha value is -0.590. The Kier molecular flexibility index (Phi) is 3.91. The number of alkyl halides is 2. The number of aliphatic hydroxyl groups excluding tert-OH is 1. The normalized spacial score (nSPS) is 11.0. The number of rotatable bonds is 3. The highest BCUT2D eigenvalue weighted by Crippen LogP contribution is 2.27. The summed E-state index contributed by atoms with van der Waals surface area (Å²) in [5.74, 6) is 0. The molecule has 0 aliphatic rings. The van der Waals surface area contributed by atoms with E-state index in [1.807, 2.05) is 0 Å². The average molecular weight is 267 g/mol. The lowest BCUT2D eigenvalue weighted by Crippen LogP contribution is -2.08. The molecule has 0 radical (unpaired) electrons. The first-order chi connectivity index (χ1) is 6.60. The van der Waals surface area contributed by atoms with Crippen molar-refractivity contribution < 1.29 is 13.9 Å². The zero-order chi connectivity index (χ0) is 10.7. The minimum Gasteiger partial charge on any atom is -0.392 e. The van der Waals surface area contributed by atoms with Gasteiger partial charge in [-0.05, 0) is 22.0 Å². The monoisotopic (exact) mass is 266 g/mol. The van der Waals surface area contributed by atoms with Gasteiger partial charge in [-0.1, -0.05) is 0 Å². The molecule has 0 amide bonds. The van der Waals surface area contributed by atoms with Gasteiger partial charge in [-0.3, -0.25) is 0 Å². The SMILES string of the molecule is NCc1nc(Br)cc(C(F)F)c1CO. The smallest absolute Gasteiger partial charge is 0.264 e. The molecule has 3 nitrogen and oxygen atoms in total. The molecule has 0 bridgehead atoms. The molecule has 0 saturated heterocycles. The number of hydrogen-bond donors (Lipinski definition) is 2. The van der Waals surface area contributed by atoms with Gasteiger partial charge >= 0.3 is 0 Å². The summed E-state index contributed by atoms with van der Waals surface area (Å²) < 4.78 is 25.3. The summed E-state index contributed by atoms with van der Waals surface area (Å²) in [7, 11) is 0. The molecule has 1 aromatic heterocycles. The summed E-state index contributed by atoms with van der Waals surface area (Å²) in [5.41, 5.74) is 5.50. The van der Waals surface area contributed by atoms with E-state index in [0.717, 1.165) is 0 Å². The molecule has 3 N–H and O–H groups in total. The highest BCUT2D eigenvalue weighted by Gasteiger charge is 2.17. The van der Waals surface area contributed by atoms with Crippen LogP contribution in [0.2, 0.25) is 0 Å². The third-order valence-electron chi connectivity index (χ3n) is 1.80. The van der Waals surface area contributed by atoms with Crippen molar-refractivity contribution >= 4 is 15.9 Å². The summed E-state index contributed by atoms with van der Waals surface area (Å²) in [6.07, 6.45) is -2.64. The Labute approximate surface area is 88.1 Å². The maximum Gasteiger partial charge on any atom is 0.264 e. The fourth-order valence-corrected chi connectivity index (χ4v) is 1.62. The second-order valence-electron chi connectivity index (χ2n) is 2.62. The van der Waals surface area contributed by atoms with Crippen molar-refractivity contribution in [1.29, 1.82) is 0 Å². The van der Waals surface area contributed by atoms with Crippen LogP contribution in [0.3, 0.4) is 0 Å². The largest absolute Gasteiger partial charge is 0.392 e. The summed E-state index contributed by atoms with van der Waals surface area (Å²) in [6, 6.07) is 1.19. The van der Waals surface area contributed by atoms with Crippen LogP contribution >= 0.6 is 15.9 Å². The first-order valence-electron chi connectivity index (χ1n) is 3.87. The topological polar surface area (TPSA) is 59.1 Å². The molecule has 0 aliphatic carbocycles. The van der Waals surface area contributed by atoms with Gasteiger partial charge in [-0.15, -0.1) is 0 Å². The average Bonchev–Trinajstić information content (AvgIpc) is 2.16. The Morgan fingerprint density at radius 2 is 2.21 bits per heavy atom. The van der Waals surface area contributed by atoms with Crippen LogP contribution in [0.5, 0.6) is 0 Å². The summed E-state index contributed by atoms with van der Waals surface area (Å²) in [6.45, 7) is -0.457. The van der Waals surface area contributed by atoms with Crippen LogP contribution < -0.4 is 5.73 Å². The van der Waals surface area contributed by atoms with Gasteiger partial charge in [0.25, 0.3) is 6.43 Å². The van der Waals surface area contributed by atoms with Gasteiger partial charge in [0.05, 0.1) is 12.3 Å². The van der Waals surface area contributed by atoms with Crippen molar-refractivity contribution in [2.75, 3.05) is 0 Å². The molecule has 0 unspecified atom stereocenters. The van der Waals surface area contributed by atoms with Crippen molar-refractivity contribution in [3.8, 4) is 0 Å². The predicted octanol–water partition coefficient (Wildman–Crippen LogP) is 1.73. The van der Waals surface area contributed by atoms with Crippen LogP contribution in [0.4, 0.5) is 8.78 Å². The number of aromatic nitrogens is 1. The second kappa shape index (κ2) is 4.77. The lowest BCUT2D eigenvalue weighted by Gasteiger charge is -2.10. The van der Waals surface area contributed by atoms with Crippen molar-refractivity contribution in [3.05, 3.63) is 27.5 Å². The van der Waals surface area contributed by atoms with E-state index < -0.39 is 13.0 Å². The van der Waals surface area contributed by atoms with E-state index in [9.17, 15) is 8.78 Å². The first kappa shape index (κ1) is 11.5. The zero-order valence-electron chi connectivity index (χ0n) is 7.17. The molecule has 78 valence electrons. The highest BCUT2D eigenvalue weighted by atomic mass is 79.9. The first-order valence-corrected chi connectivity index (χ1v) is 4.66. The zero-order valence-corrected chi connectivity index (χ0v) is 8.76. The van der Waals surface area contributed by atoms with Gasteiger partial charge in [-0.2, -0.15) is 0 Å². The van der Waals surface area contributed by atoms with Gasteiger partial charge in [-0.25, -0.2) is 13.8 Å². The molecule has 0 aliphatic heterocycles. The number of pyridine rings is 1. The standard InChI is InChI=1S/C8H9BrF2N2O/c9-7-1-4(8(10)11)5(3-14)6(2-12)13-7/h1,8,14H,2-3,12H2. The lowest BCUT2D eigenvalue weighted by atomic mass is 10.1. The van der Waals surface area contributed by atoms with Crippen LogP contribution in [-0.2, 0) is 13.2 Å². The molecule has 0 aromatic carbocycles. The number of nitrogens with two attached hydrogens (primary N) is 1. The maximum atomic E-state index is 12.5. The van der Waals surface area contributed by atoms with E-state index in [2.05, 4.69) is 20.9 Å². The van der Waals surface area contributed by atoms with E-state index in [0.29, 0.717) is 4.60 Å². The molecule has 0 atom stereocenters. The maximum absolute atomic E-state index is 12.5. The molecular weight excluding hydrogens is 258 g/mol. The Morgan fingerprint density at radius 3 is 2.64 bits per heavy atom. The molecular formula is C8H9BrF2N2O. The van der Waals surface area contributed by atoms with Crippen LogP contribution in [0, 0.1) is 0 Å². The van der Waals surface area contributed by atoms with Gasteiger partial charge < -0.3 is 10.8 Å². The Bertz CT molecular complexity index is 333. The van der Waals surface area contributed by atoms with Crippen LogP contribution in [0.25, 0.3) is 0 Å². The second-order valence-corrected chi connectivity index (χ2v) is 3.43. The van der Waals surface area contributed by atoms with Gasteiger partial charge in [0, 0.05) is 17.7 Å². The molecule has 0 fully saturated rings. The van der Waals surface area contributed by atoms with Crippen LogP contribution in [-0.4, -0.2) is 10.1 Å². The van der Waals surface area contributed by atoms with Crippen LogP contribution in [0.15, 0.2) is 10.7 Å². The van der Waals surface area contributed by atoms with E-state index in [1.54, 1.807) is 0 Å². The third-order valence-corrected chi connectivity index (χ3v) is 2.21. The minimum absolute atomic E-state index is 0.0229. The summed E-state index contributed by atoms with van der Waals surface area (Å²) in [4.78, 5) is 3.90. The molecule has 1 heterocycles. The Balaban J connectivity index is 3.31. The van der Waals surface area contributed by atoms with E-state index in [1.165, 1.54) is 6.07 Å². The summed E-state index contributed by atoms with van der Waals surface area (Å²) >= 11 is 3.00. The minimum atomic E-state index is -2.64. The number of halogens is 3. The van der Waals surface area contributed by atoms with Gasteiger partial charge in [0.1, 0.15) is 4.60 Å². The lowest BCUT2D eigenvalue weighted by molar-refractivity contribution is 0.146. The number of nitrogens with zero attached hydrogens (tertiary/aromatic N) is 1. The van der Waals surface area contributed by atoms with Crippen molar-refractivity contribution in [2.24, 2.45) is 5.73 Å². The third kappa shape index (κ3) is 2.26. The molecule has 14 heavy (non-hydrogen) atoms. The number of aliphatic hydroxyl groups is 1.